The van der Waals surface area contributed by atoms with Gasteiger partial charge < -0.3 is 10.6 Å². The van der Waals surface area contributed by atoms with Gasteiger partial charge >= 0.3 is 0 Å². The van der Waals surface area contributed by atoms with Gasteiger partial charge in [0.1, 0.15) is 0 Å². The molecular formula is C20H24N4O4. The highest BCUT2D eigenvalue weighted by Crippen LogP contribution is 2.21. The Labute approximate surface area is 163 Å². The zero-order valence-electron chi connectivity index (χ0n) is 16.2. The number of rotatable bonds is 8. The van der Waals surface area contributed by atoms with Gasteiger partial charge in [0.05, 0.1) is 11.5 Å². The second-order valence-electron chi connectivity index (χ2n) is 6.30. The van der Waals surface area contributed by atoms with E-state index in [2.05, 4.69) is 10.6 Å². The molecule has 0 atom stereocenters. The predicted molar refractivity (Wildman–Crippen MR) is 109 cm³/mol. The third kappa shape index (κ3) is 5.62. The van der Waals surface area contributed by atoms with Crippen LogP contribution in [-0.4, -0.2) is 41.3 Å². The van der Waals surface area contributed by atoms with E-state index in [9.17, 15) is 19.7 Å². The Kier molecular flexibility index (Phi) is 7.22. The molecule has 8 heteroatoms. The molecular weight excluding hydrogens is 360 g/mol. The number of amides is 2. The number of carbonyl (C=O) groups excluding carboxylic acids is 2. The summed E-state index contributed by atoms with van der Waals surface area (Å²) in [5, 5.41) is 16.3. The first kappa shape index (κ1) is 21.0. The van der Waals surface area contributed by atoms with Crippen molar-refractivity contribution in [1.29, 1.82) is 0 Å². The Morgan fingerprint density at radius 1 is 1.04 bits per heavy atom. The van der Waals surface area contributed by atoms with Gasteiger partial charge in [-0.3, -0.25) is 24.6 Å². The molecule has 2 amide bonds. The van der Waals surface area contributed by atoms with E-state index in [1.165, 1.54) is 24.3 Å². The number of nitro groups is 1. The molecule has 0 aromatic heterocycles. The Balaban J connectivity index is 2.02. The number of non-ortho nitro benzene ring substituents is 1. The minimum atomic E-state index is -0.516. The molecule has 148 valence electrons. The lowest BCUT2D eigenvalue weighted by Gasteiger charge is -2.18. The summed E-state index contributed by atoms with van der Waals surface area (Å²) in [5.74, 6) is -0.456. The van der Waals surface area contributed by atoms with Gasteiger partial charge in [0.2, 0.25) is 5.91 Å². The second-order valence-corrected chi connectivity index (χ2v) is 6.30. The van der Waals surface area contributed by atoms with E-state index in [-0.39, 0.29) is 17.5 Å². The van der Waals surface area contributed by atoms with E-state index in [0.717, 1.165) is 18.7 Å². The topological polar surface area (TPSA) is 105 Å². The van der Waals surface area contributed by atoms with Gasteiger partial charge in [0, 0.05) is 29.1 Å². The molecule has 0 aliphatic carbocycles. The molecule has 0 aliphatic heterocycles. The molecule has 0 saturated carbocycles. The van der Waals surface area contributed by atoms with Crippen LogP contribution in [0.3, 0.4) is 0 Å². The molecule has 2 aromatic rings. The number of hydrogen-bond donors (Lipinski definition) is 2. The number of nitrogens with zero attached hydrogens (tertiary/aromatic N) is 2. The summed E-state index contributed by atoms with van der Waals surface area (Å²) in [6, 6.07) is 10.6. The van der Waals surface area contributed by atoms with Crippen molar-refractivity contribution in [3.05, 3.63) is 63.7 Å². The lowest BCUT2D eigenvalue weighted by atomic mass is 10.1. The first-order valence-electron chi connectivity index (χ1n) is 9.02. The van der Waals surface area contributed by atoms with Crippen molar-refractivity contribution in [3.63, 3.8) is 0 Å². The van der Waals surface area contributed by atoms with E-state index in [0.29, 0.717) is 23.5 Å². The molecule has 0 heterocycles. The van der Waals surface area contributed by atoms with Gasteiger partial charge in [-0.1, -0.05) is 13.8 Å². The third-order valence-electron chi connectivity index (χ3n) is 4.36. The Hall–Kier alpha value is -3.26. The maximum atomic E-state index is 12.3. The van der Waals surface area contributed by atoms with E-state index in [1.807, 2.05) is 25.7 Å². The van der Waals surface area contributed by atoms with Crippen LogP contribution in [0.5, 0.6) is 0 Å². The molecule has 2 aromatic carbocycles. The summed E-state index contributed by atoms with van der Waals surface area (Å²) in [4.78, 5) is 36.6. The van der Waals surface area contributed by atoms with Gasteiger partial charge in [-0.05, 0) is 55.9 Å². The van der Waals surface area contributed by atoms with Crippen molar-refractivity contribution in [2.24, 2.45) is 0 Å². The number of nitro benzene ring substituents is 1. The fourth-order valence-corrected chi connectivity index (χ4v) is 2.66. The number of anilines is 2. The summed E-state index contributed by atoms with van der Waals surface area (Å²) in [5.41, 5.74) is 2.32. The van der Waals surface area contributed by atoms with Crippen LogP contribution in [0.15, 0.2) is 42.5 Å². The van der Waals surface area contributed by atoms with Gasteiger partial charge in [-0.2, -0.15) is 0 Å². The van der Waals surface area contributed by atoms with Crippen LogP contribution >= 0.6 is 0 Å². The minimum Gasteiger partial charge on any atom is -0.325 e. The van der Waals surface area contributed by atoms with Crippen LogP contribution in [0.1, 0.15) is 29.8 Å². The number of hydrogen-bond acceptors (Lipinski definition) is 5. The smallest absolute Gasteiger partial charge is 0.269 e. The lowest BCUT2D eigenvalue weighted by Crippen LogP contribution is -2.33. The van der Waals surface area contributed by atoms with Crippen LogP contribution < -0.4 is 10.6 Å². The molecule has 8 nitrogen and oxygen atoms in total. The molecule has 0 aliphatic rings. The molecule has 0 saturated heterocycles. The van der Waals surface area contributed by atoms with Crippen LogP contribution in [0.2, 0.25) is 0 Å². The highest BCUT2D eigenvalue weighted by atomic mass is 16.6. The monoisotopic (exact) mass is 384 g/mol. The second kappa shape index (κ2) is 9.61. The number of aryl methyl sites for hydroxylation is 1. The zero-order valence-corrected chi connectivity index (χ0v) is 16.2. The molecule has 0 spiro atoms. The summed E-state index contributed by atoms with van der Waals surface area (Å²) in [7, 11) is 0. The number of carbonyl (C=O) groups is 2. The van der Waals surface area contributed by atoms with Crippen molar-refractivity contribution in [2.45, 2.75) is 20.8 Å². The lowest BCUT2D eigenvalue weighted by molar-refractivity contribution is -0.384. The SMILES string of the molecule is CCN(CC)CC(=O)Nc1ccc(NC(=O)c2ccc([N+](=O)[O-])cc2)cc1C. The number of nitrogens with one attached hydrogen (secondary N) is 2. The minimum absolute atomic E-state index is 0.0720. The van der Waals surface area contributed by atoms with Crippen molar-refractivity contribution in [1.82, 2.24) is 4.90 Å². The standard InChI is InChI=1S/C20H24N4O4/c1-4-23(5-2)13-19(25)22-18-11-8-16(12-14(18)3)21-20(26)15-6-9-17(10-7-15)24(27)28/h6-12H,4-5,13H2,1-3H3,(H,21,26)(H,22,25). The van der Waals surface area contributed by atoms with Crippen molar-refractivity contribution in [2.75, 3.05) is 30.3 Å². The van der Waals surface area contributed by atoms with E-state index in [4.69, 9.17) is 0 Å². The fourth-order valence-electron chi connectivity index (χ4n) is 2.66. The van der Waals surface area contributed by atoms with Crippen LogP contribution in [-0.2, 0) is 4.79 Å². The molecule has 0 fully saturated rings. The van der Waals surface area contributed by atoms with Gasteiger partial charge in [0.15, 0.2) is 0 Å². The zero-order chi connectivity index (χ0) is 20.7. The molecule has 28 heavy (non-hydrogen) atoms. The maximum absolute atomic E-state index is 12.3. The molecule has 0 bridgehead atoms. The predicted octanol–water partition coefficient (Wildman–Crippen LogP) is 3.44. The highest BCUT2D eigenvalue weighted by molar-refractivity contribution is 6.04. The van der Waals surface area contributed by atoms with Crippen LogP contribution in [0, 0.1) is 17.0 Å². The number of benzene rings is 2. The Morgan fingerprint density at radius 2 is 1.68 bits per heavy atom. The third-order valence-corrected chi connectivity index (χ3v) is 4.36. The number of likely N-dealkylation sites (N-methyl/N-ethyl adjacent to an activating group) is 1. The quantitative estimate of drug-likeness (QED) is 0.536. The highest BCUT2D eigenvalue weighted by Gasteiger charge is 2.12. The maximum Gasteiger partial charge on any atom is 0.269 e. The largest absolute Gasteiger partial charge is 0.325 e. The van der Waals surface area contributed by atoms with E-state index < -0.39 is 4.92 Å². The molecule has 0 unspecified atom stereocenters. The first-order chi connectivity index (χ1) is 13.3. The van der Waals surface area contributed by atoms with Crippen LogP contribution in [0.25, 0.3) is 0 Å². The summed E-state index contributed by atoms with van der Waals surface area (Å²) in [6.07, 6.45) is 0. The average Bonchev–Trinajstić information content (AvgIpc) is 2.68. The first-order valence-corrected chi connectivity index (χ1v) is 9.02. The van der Waals surface area contributed by atoms with E-state index in [1.54, 1.807) is 18.2 Å². The Bertz CT molecular complexity index is 861. The Morgan fingerprint density at radius 3 is 2.21 bits per heavy atom. The van der Waals surface area contributed by atoms with Gasteiger partial charge in [-0.25, -0.2) is 0 Å². The van der Waals surface area contributed by atoms with Gasteiger partial charge in [0.25, 0.3) is 11.6 Å². The normalized spacial score (nSPS) is 10.6. The fraction of sp³-hybridized carbons (Fsp3) is 0.300. The van der Waals surface area contributed by atoms with Gasteiger partial charge in [-0.15, -0.1) is 0 Å². The summed E-state index contributed by atoms with van der Waals surface area (Å²) >= 11 is 0. The molecule has 2 rings (SSSR count). The average molecular weight is 384 g/mol. The van der Waals surface area contributed by atoms with Crippen molar-refractivity contribution in [3.8, 4) is 0 Å². The van der Waals surface area contributed by atoms with Crippen molar-refractivity contribution >= 4 is 28.9 Å². The van der Waals surface area contributed by atoms with Crippen molar-refractivity contribution < 1.29 is 14.5 Å². The van der Waals surface area contributed by atoms with E-state index >= 15 is 0 Å². The molecule has 2 N–H and O–H groups in total. The summed E-state index contributed by atoms with van der Waals surface area (Å²) < 4.78 is 0. The molecule has 0 radical (unpaired) electrons. The summed E-state index contributed by atoms with van der Waals surface area (Å²) in [6.45, 7) is 7.78. The van der Waals surface area contributed by atoms with Crippen LogP contribution in [0.4, 0.5) is 17.1 Å².